The largest absolute Gasteiger partial charge is 0.481 e. The van der Waals surface area contributed by atoms with Crippen molar-refractivity contribution in [3.8, 4) is 0 Å². The molecule has 0 amide bonds. The topological polar surface area (TPSA) is 68.2 Å². The molecule has 0 radical (unpaired) electrons. The summed E-state index contributed by atoms with van der Waals surface area (Å²) in [5.41, 5.74) is -0.681. The number of carboxylic acids is 1. The zero-order valence-corrected chi connectivity index (χ0v) is 12.6. The van der Waals surface area contributed by atoms with Crippen molar-refractivity contribution in [1.29, 1.82) is 0 Å². The highest BCUT2D eigenvalue weighted by Crippen LogP contribution is 2.32. The van der Waals surface area contributed by atoms with Crippen LogP contribution in [0.1, 0.15) is 19.3 Å². The fourth-order valence-electron chi connectivity index (χ4n) is 2.55. The number of carboxylic acid groups (broad SMARTS) is 1. The van der Waals surface area contributed by atoms with E-state index in [1.165, 1.54) is 0 Å². The Kier molecular flexibility index (Phi) is 8.06. The Morgan fingerprint density at radius 2 is 1.85 bits per heavy atom. The molecular weight excluding hydrogens is 262 g/mol. The second-order valence-corrected chi connectivity index (χ2v) is 5.31. The summed E-state index contributed by atoms with van der Waals surface area (Å²) < 4.78 is 15.5. The van der Waals surface area contributed by atoms with Crippen molar-refractivity contribution in [1.82, 2.24) is 4.90 Å². The highest BCUT2D eigenvalue weighted by molar-refractivity contribution is 5.75. The van der Waals surface area contributed by atoms with E-state index in [2.05, 4.69) is 4.90 Å². The number of hydrogen-bond acceptors (Lipinski definition) is 5. The van der Waals surface area contributed by atoms with Crippen LogP contribution in [0, 0.1) is 5.41 Å². The van der Waals surface area contributed by atoms with Gasteiger partial charge in [-0.2, -0.15) is 0 Å². The average molecular weight is 289 g/mol. The third-order valence-electron chi connectivity index (χ3n) is 3.86. The van der Waals surface area contributed by atoms with E-state index >= 15 is 0 Å². The summed E-state index contributed by atoms with van der Waals surface area (Å²) in [6.07, 6.45) is 2.05. The molecule has 1 fully saturated rings. The van der Waals surface area contributed by atoms with Gasteiger partial charge in [0.25, 0.3) is 0 Å². The van der Waals surface area contributed by atoms with E-state index in [9.17, 15) is 9.90 Å². The number of ether oxygens (including phenoxy) is 3. The number of carbonyl (C=O) groups is 1. The predicted molar refractivity (Wildman–Crippen MR) is 74.9 cm³/mol. The van der Waals surface area contributed by atoms with E-state index in [0.717, 1.165) is 19.5 Å². The summed E-state index contributed by atoms with van der Waals surface area (Å²) in [5, 5.41) is 9.60. The number of methoxy groups -OCH3 is 2. The van der Waals surface area contributed by atoms with E-state index in [1.54, 1.807) is 14.2 Å². The van der Waals surface area contributed by atoms with Crippen molar-refractivity contribution in [3.05, 3.63) is 0 Å². The first kappa shape index (κ1) is 17.4. The first-order valence-electron chi connectivity index (χ1n) is 7.16. The minimum Gasteiger partial charge on any atom is -0.481 e. The number of hydrogen-bond donors (Lipinski definition) is 1. The zero-order chi connectivity index (χ0) is 14.8. The van der Waals surface area contributed by atoms with E-state index in [4.69, 9.17) is 14.2 Å². The molecule has 0 spiro atoms. The number of rotatable bonds is 10. The summed E-state index contributed by atoms with van der Waals surface area (Å²) in [7, 11) is 3.34. The molecule has 1 aliphatic heterocycles. The van der Waals surface area contributed by atoms with Gasteiger partial charge >= 0.3 is 5.97 Å². The van der Waals surface area contributed by atoms with Gasteiger partial charge in [0.15, 0.2) is 0 Å². The second kappa shape index (κ2) is 9.28. The van der Waals surface area contributed by atoms with Crippen molar-refractivity contribution in [2.75, 3.05) is 60.3 Å². The lowest BCUT2D eigenvalue weighted by molar-refractivity contribution is -0.156. The maximum atomic E-state index is 11.7. The van der Waals surface area contributed by atoms with Crippen molar-refractivity contribution >= 4 is 5.97 Å². The van der Waals surface area contributed by atoms with E-state index in [-0.39, 0.29) is 0 Å². The van der Waals surface area contributed by atoms with Gasteiger partial charge in [-0.05, 0) is 19.3 Å². The molecular formula is C14H27NO5. The van der Waals surface area contributed by atoms with Crippen LogP contribution in [0.15, 0.2) is 0 Å². The molecule has 0 saturated carbocycles. The van der Waals surface area contributed by atoms with Crippen molar-refractivity contribution < 1.29 is 24.1 Å². The highest BCUT2D eigenvalue weighted by Gasteiger charge is 2.41. The van der Waals surface area contributed by atoms with Gasteiger partial charge in [-0.15, -0.1) is 0 Å². The monoisotopic (exact) mass is 289 g/mol. The summed E-state index contributed by atoms with van der Waals surface area (Å²) in [6, 6.07) is 0. The second-order valence-electron chi connectivity index (χ2n) is 5.31. The third-order valence-corrected chi connectivity index (χ3v) is 3.86. The van der Waals surface area contributed by atoms with Crippen LogP contribution in [0.5, 0.6) is 0 Å². The molecule has 1 aliphatic rings. The van der Waals surface area contributed by atoms with Crippen LogP contribution in [0.25, 0.3) is 0 Å². The number of nitrogens with zero attached hydrogens (tertiary/aromatic N) is 1. The summed E-state index contributed by atoms with van der Waals surface area (Å²) in [4.78, 5) is 13.8. The summed E-state index contributed by atoms with van der Waals surface area (Å²) in [6.45, 7) is 4.48. The minimum absolute atomic E-state index is 0.530. The SMILES string of the molecule is COCCCN(CCOC)CC1(C(=O)O)CCOCC1. The molecule has 118 valence electrons. The van der Waals surface area contributed by atoms with Crippen LogP contribution < -0.4 is 0 Å². The molecule has 20 heavy (non-hydrogen) atoms. The molecule has 1 saturated heterocycles. The van der Waals surface area contributed by atoms with Crippen LogP contribution in [-0.4, -0.2) is 76.3 Å². The maximum absolute atomic E-state index is 11.7. The lowest BCUT2D eigenvalue weighted by atomic mass is 9.79. The van der Waals surface area contributed by atoms with Gasteiger partial charge < -0.3 is 19.3 Å². The molecule has 0 unspecified atom stereocenters. The molecule has 0 aromatic carbocycles. The molecule has 0 aromatic rings. The Morgan fingerprint density at radius 1 is 1.20 bits per heavy atom. The molecule has 1 heterocycles. The van der Waals surface area contributed by atoms with Crippen molar-refractivity contribution in [3.63, 3.8) is 0 Å². The first-order chi connectivity index (χ1) is 9.64. The van der Waals surface area contributed by atoms with Crippen LogP contribution in [0.2, 0.25) is 0 Å². The van der Waals surface area contributed by atoms with Gasteiger partial charge in [-0.1, -0.05) is 0 Å². The fourth-order valence-corrected chi connectivity index (χ4v) is 2.55. The maximum Gasteiger partial charge on any atom is 0.311 e. The first-order valence-corrected chi connectivity index (χ1v) is 7.16. The smallest absolute Gasteiger partial charge is 0.311 e. The van der Waals surface area contributed by atoms with Gasteiger partial charge in [0.2, 0.25) is 0 Å². The minimum atomic E-state index is -0.713. The molecule has 1 rings (SSSR count). The summed E-state index contributed by atoms with van der Waals surface area (Å²) in [5.74, 6) is -0.713. The van der Waals surface area contributed by atoms with Crippen LogP contribution >= 0.6 is 0 Å². The van der Waals surface area contributed by atoms with Gasteiger partial charge in [0.05, 0.1) is 12.0 Å². The molecule has 0 bridgehead atoms. The Bertz CT molecular complexity index is 279. The van der Waals surface area contributed by atoms with Gasteiger partial charge in [-0.25, -0.2) is 0 Å². The van der Waals surface area contributed by atoms with E-state index in [0.29, 0.717) is 45.8 Å². The van der Waals surface area contributed by atoms with Gasteiger partial charge in [0, 0.05) is 53.7 Å². The van der Waals surface area contributed by atoms with Crippen molar-refractivity contribution in [2.45, 2.75) is 19.3 Å². The molecule has 1 N–H and O–H groups in total. The summed E-state index contributed by atoms with van der Waals surface area (Å²) >= 11 is 0. The van der Waals surface area contributed by atoms with E-state index in [1.807, 2.05) is 0 Å². The lowest BCUT2D eigenvalue weighted by Crippen LogP contribution is -2.47. The molecule has 6 nitrogen and oxygen atoms in total. The molecule has 0 aliphatic carbocycles. The lowest BCUT2D eigenvalue weighted by Gasteiger charge is -2.37. The molecule has 0 aromatic heterocycles. The van der Waals surface area contributed by atoms with E-state index < -0.39 is 11.4 Å². The van der Waals surface area contributed by atoms with Crippen LogP contribution in [-0.2, 0) is 19.0 Å². The Labute approximate surface area is 121 Å². The third kappa shape index (κ3) is 5.36. The molecule has 6 heteroatoms. The van der Waals surface area contributed by atoms with Crippen molar-refractivity contribution in [2.24, 2.45) is 5.41 Å². The highest BCUT2D eigenvalue weighted by atomic mass is 16.5. The Balaban J connectivity index is 2.60. The standard InChI is InChI=1S/C14H27NO5/c1-18-8-3-6-15(7-11-19-2)12-14(13(16)17)4-9-20-10-5-14/h3-12H2,1-2H3,(H,16,17). The van der Waals surface area contributed by atoms with Gasteiger partial charge in [-0.3, -0.25) is 9.69 Å². The predicted octanol–water partition coefficient (Wildman–Crippen LogP) is 0.853. The Hall–Kier alpha value is -0.690. The van der Waals surface area contributed by atoms with Gasteiger partial charge in [0.1, 0.15) is 0 Å². The zero-order valence-electron chi connectivity index (χ0n) is 12.6. The average Bonchev–Trinajstić information content (AvgIpc) is 2.45. The quantitative estimate of drug-likeness (QED) is 0.601. The Morgan fingerprint density at radius 3 is 2.40 bits per heavy atom. The number of aliphatic carboxylic acids is 1. The van der Waals surface area contributed by atoms with Crippen LogP contribution in [0.4, 0.5) is 0 Å². The fraction of sp³-hybridized carbons (Fsp3) is 0.929. The van der Waals surface area contributed by atoms with Crippen LogP contribution in [0.3, 0.4) is 0 Å². The molecule has 0 atom stereocenters. The normalized spacial score (nSPS) is 18.4.